The largest absolute Gasteiger partial charge is 0.574 e. The average Bonchev–Trinajstić information content (AvgIpc) is 2.36. The number of hydrogen-bond acceptors (Lipinski definition) is 5. The van der Waals surface area contributed by atoms with Crippen LogP contribution in [0.2, 0.25) is 0 Å². The van der Waals surface area contributed by atoms with Gasteiger partial charge in [-0.3, -0.25) is 4.90 Å². The molecule has 22 heavy (non-hydrogen) atoms. The van der Waals surface area contributed by atoms with Crippen molar-refractivity contribution in [1.82, 2.24) is 14.9 Å². The summed E-state index contributed by atoms with van der Waals surface area (Å²) < 4.78 is 39.8. The monoisotopic (exact) mass is 320 g/mol. The highest BCUT2D eigenvalue weighted by atomic mass is 19.4. The lowest BCUT2D eigenvalue weighted by Crippen LogP contribution is -2.58. The number of rotatable bonds is 2. The highest BCUT2D eigenvalue weighted by Gasteiger charge is 2.34. The van der Waals surface area contributed by atoms with E-state index in [1.165, 1.54) is 11.1 Å². The normalized spacial score (nSPS) is 22.6. The molecule has 1 aliphatic heterocycles. The summed E-state index contributed by atoms with van der Waals surface area (Å²) in [6.45, 7) is 4.27. The maximum atomic E-state index is 12.1. The van der Waals surface area contributed by atoms with E-state index in [2.05, 4.69) is 14.7 Å². The number of aromatic nitrogens is 2. The zero-order valence-corrected chi connectivity index (χ0v) is 11.9. The molecule has 0 radical (unpaired) electrons. The van der Waals surface area contributed by atoms with Crippen LogP contribution in [0.25, 0.3) is 0 Å². The summed E-state index contributed by atoms with van der Waals surface area (Å²) >= 11 is 0. The zero-order chi connectivity index (χ0) is 16.5. The second-order valence-electron chi connectivity index (χ2n) is 5.05. The molecule has 1 saturated heterocycles. The Morgan fingerprint density at radius 3 is 2.27 bits per heavy atom. The van der Waals surface area contributed by atoms with Gasteiger partial charge in [0, 0.05) is 13.1 Å². The Labute approximate surface area is 124 Å². The van der Waals surface area contributed by atoms with Crippen LogP contribution in [0.4, 0.5) is 23.8 Å². The topological polar surface area (TPSA) is 78.8 Å². The molecule has 2 rings (SSSR count). The quantitative estimate of drug-likeness (QED) is 0.897. The van der Waals surface area contributed by atoms with Crippen molar-refractivity contribution < 1.29 is 27.8 Å². The van der Waals surface area contributed by atoms with Crippen LogP contribution in [-0.4, -0.2) is 57.6 Å². The van der Waals surface area contributed by atoms with Gasteiger partial charge in [-0.1, -0.05) is 0 Å². The first-order valence-electron chi connectivity index (χ1n) is 6.51. The Morgan fingerprint density at radius 2 is 1.86 bits per heavy atom. The van der Waals surface area contributed by atoms with Crippen molar-refractivity contribution in [3.05, 3.63) is 12.4 Å². The third-order valence-electron chi connectivity index (χ3n) is 3.30. The SMILES string of the molecule is C[C@@H]1CN(c2cnc(OC(F)(F)F)cn2)C[C@@H](C)N1C(=O)O. The van der Waals surface area contributed by atoms with Gasteiger partial charge in [0.25, 0.3) is 0 Å². The molecule has 1 aromatic rings. The van der Waals surface area contributed by atoms with Crippen LogP contribution in [-0.2, 0) is 0 Å². The first kappa shape index (κ1) is 16.1. The number of alkyl halides is 3. The fourth-order valence-corrected chi connectivity index (χ4v) is 2.53. The van der Waals surface area contributed by atoms with Gasteiger partial charge >= 0.3 is 12.5 Å². The van der Waals surface area contributed by atoms with Crippen molar-refractivity contribution in [3.63, 3.8) is 0 Å². The molecule has 0 unspecified atom stereocenters. The zero-order valence-electron chi connectivity index (χ0n) is 11.9. The van der Waals surface area contributed by atoms with Crippen molar-refractivity contribution in [2.75, 3.05) is 18.0 Å². The van der Waals surface area contributed by atoms with Crippen molar-refractivity contribution >= 4 is 11.9 Å². The minimum absolute atomic E-state index is 0.269. The van der Waals surface area contributed by atoms with Gasteiger partial charge in [-0.05, 0) is 13.8 Å². The summed E-state index contributed by atoms with van der Waals surface area (Å²) in [4.78, 5) is 21.7. The lowest BCUT2D eigenvalue weighted by atomic mass is 10.1. The van der Waals surface area contributed by atoms with Gasteiger partial charge in [0.1, 0.15) is 5.82 Å². The number of nitrogens with zero attached hydrogens (tertiary/aromatic N) is 4. The molecule has 0 bridgehead atoms. The molecule has 1 fully saturated rings. The van der Waals surface area contributed by atoms with E-state index in [0.717, 1.165) is 6.20 Å². The van der Waals surface area contributed by atoms with Crippen LogP contribution in [0.5, 0.6) is 5.88 Å². The van der Waals surface area contributed by atoms with E-state index < -0.39 is 18.3 Å². The highest BCUT2D eigenvalue weighted by Crippen LogP contribution is 2.23. The minimum atomic E-state index is -4.81. The van der Waals surface area contributed by atoms with E-state index in [0.29, 0.717) is 18.9 Å². The molecule has 1 amide bonds. The molecular formula is C12H15F3N4O3. The molecule has 2 atom stereocenters. The Kier molecular flexibility index (Phi) is 4.29. The van der Waals surface area contributed by atoms with Gasteiger partial charge in [-0.2, -0.15) is 0 Å². The Bertz CT molecular complexity index is 525. The van der Waals surface area contributed by atoms with Crippen molar-refractivity contribution in [1.29, 1.82) is 0 Å². The van der Waals surface area contributed by atoms with Gasteiger partial charge < -0.3 is 14.7 Å². The molecule has 1 aliphatic rings. The molecule has 0 spiro atoms. The summed E-state index contributed by atoms with van der Waals surface area (Å²) in [7, 11) is 0. The second-order valence-corrected chi connectivity index (χ2v) is 5.05. The van der Waals surface area contributed by atoms with Gasteiger partial charge in [0.05, 0.1) is 24.5 Å². The third-order valence-corrected chi connectivity index (χ3v) is 3.30. The van der Waals surface area contributed by atoms with E-state index in [4.69, 9.17) is 5.11 Å². The van der Waals surface area contributed by atoms with Crippen molar-refractivity contribution in [2.24, 2.45) is 0 Å². The molecule has 1 N–H and O–H groups in total. The molecule has 122 valence electrons. The van der Waals surface area contributed by atoms with Crippen LogP contribution in [0.1, 0.15) is 13.8 Å². The number of halogens is 3. The fraction of sp³-hybridized carbons (Fsp3) is 0.583. The summed E-state index contributed by atoms with van der Waals surface area (Å²) in [6.07, 6.45) is -3.75. The van der Waals surface area contributed by atoms with E-state index in [9.17, 15) is 18.0 Å². The second kappa shape index (κ2) is 5.85. The Balaban J connectivity index is 2.08. The van der Waals surface area contributed by atoms with E-state index in [-0.39, 0.29) is 12.1 Å². The number of carboxylic acid groups (broad SMARTS) is 1. The maximum absolute atomic E-state index is 12.1. The molecule has 0 saturated carbocycles. The number of ether oxygens (including phenoxy) is 1. The minimum Gasteiger partial charge on any atom is -0.465 e. The first-order valence-corrected chi connectivity index (χ1v) is 6.51. The number of carbonyl (C=O) groups is 1. The predicted molar refractivity (Wildman–Crippen MR) is 69.7 cm³/mol. The van der Waals surface area contributed by atoms with Crippen LogP contribution in [0, 0.1) is 0 Å². The molecule has 7 nitrogen and oxygen atoms in total. The number of amides is 1. The summed E-state index contributed by atoms with van der Waals surface area (Å²) in [5.74, 6) is -0.264. The summed E-state index contributed by atoms with van der Waals surface area (Å²) in [5.41, 5.74) is 0. The predicted octanol–water partition coefficient (Wildman–Crippen LogP) is 1.95. The number of piperazine rings is 1. The average molecular weight is 320 g/mol. The van der Waals surface area contributed by atoms with Crippen molar-refractivity contribution in [3.8, 4) is 5.88 Å². The van der Waals surface area contributed by atoms with Crippen LogP contribution in [0.3, 0.4) is 0 Å². The maximum Gasteiger partial charge on any atom is 0.574 e. The van der Waals surface area contributed by atoms with E-state index >= 15 is 0 Å². The highest BCUT2D eigenvalue weighted by molar-refractivity contribution is 5.66. The Morgan fingerprint density at radius 1 is 1.27 bits per heavy atom. The lowest BCUT2D eigenvalue weighted by molar-refractivity contribution is -0.276. The van der Waals surface area contributed by atoms with E-state index in [1.807, 2.05) is 0 Å². The molecular weight excluding hydrogens is 305 g/mol. The molecule has 2 heterocycles. The molecule has 10 heteroatoms. The molecule has 0 aromatic carbocycles. The van der Waals surface area contributed by atoms with Crippen LogP contribution < -0.4 is 9.64 Å². The summed E-state index contributed by atoms with van der Waals surface area (Å²) in [6, 6.07) is -0.539. The molecule has 1 aromatic heterocycles. The van der Waals surface area contributed by atoms with Gasteiger partial charge in [-0.15, -0.1) is 13.2 Å². The smallest absolute Gasteiger partial charge is 0.465 e. The van der Waals surface area contributed by atoms with Crippen molar-refractivity contribution in [2.45, 2.75) is 32.3 Å². The van der Waals surface area contributed by atoms with Gasteiger partial charge in [0.15, 0.2) is 0 Å². The number of hydrogen-bond donors (Lipinski definition) is 1. The summed E-state index contributed by atoms with van der Waals surface area (Å²) in [5, 5.41) is 9.14. The van der Waals surface area contributed by atoms with Crippen LogP contribution in [0.15, 0.2) is 12.4 Å². The standard InChI is InChI=1S/C12H15F3N4O3/c1-7-5-18(6-8(2)19(7)11(20)21)9-3-17-10(4-16-9)22-12(13,14)15/h3-4,7-8H,5-6H2,1-2H3,(H,20,21)/t7-,8-/m1/s1. The van der Waals surface area contributed by atoms with Crippen LogP contribution >= 0.6 is 0 Å². The van der Waals surface area contributed by atoms with Gasteiger partial charge in [0.2, 0.25) is 5.88 Å². The lowest BCUT2D eigenvalue weighted by Gasteiger charge is -2.43. The first-order chi connectivity index (χ1) is 10.2. The van der Waals surface area contributed by atoms with E-state index in [1.54, 1.807) is 18.7 Å². The Hall–Kier alpha value is -2.26. The molecule has 0 aliphatic carbocycles. The van der Waals surface area contributed by atoms with Gasteiger partial charge in [-0.25, -0.2) is 14.8 Å². The third kappa shape index (κ3) is 3.68. The number of anilines is 1. The fourth-order valence-electron chi connectivity index (χ4n) is 2.53.